The molecular weight excluding hydrogens is 256 g/mol. The lowest BCUT2D eigenvalue weighted by atomic mass is 9.97. The lowest BCUT2D eigenvalue weighted by molar-refractivity contribution is 0.462. The normalized spacial score (nSPS) is 14.0. The van der Waals surface area contributed by atoms with Crippen LogP contribution in [0.3, 0.4) is 0 Å². The molecule has 0 saturated carbocycles. The Morgan fingerprint density at radius 1 is 1.21 bits per heavy atom. The molecule has 0 fully saturated rings. The Bertz CT molecular complexity index is 390. The fourth-order valence-corrected chi connectivity index (χ4v) is 2.39. The van der Waals surface area contributed by atoms with E-state index in [0.29, 0.717) is 6.04 Å². The molecule has 0 radical (unpaired) electrons. The maximum atomic E-state index is 6.12. The summed E-state index contributed by atoms with van der Waals surface area (Å²) in [5, 5.41) is 4.44. The molecule has 1 rings (SSSR count). The smallest absolute Gasteiger partial charge is 0.0597 e. The molecule has 0 aromatic heterocycles. The number of benzene rings is 1. The van der Waals surface area contributed by atoms with Crippen LogP contribution in [-0.4, -0.2) is 20.1 Å². The summed E-state index contributed by atoms with van der Waals surface area (Å²) in [6.45, 7) is 6.80. The van der Waals surface area contributed by atoms with Gasteiger partial charge in [0.1, 0.15) is 0 Å². The van der Waals surface area contributed by atoms with Gasteiger partial charge in [-0.3, -0.25) is 0 Å². The highest BCUT2D eigenvalue weighted by Gasteiger charge is 2.13. The van der Waals surface area contributed by atoms with E-state index in [1.807, 2.05) is 12.1 Å². The van der Waals surface area contributed by atoms with Crippen molar-refractivity contribution in [3.8, 4) is 0 Å². The molecule has 19 heavy (non-hydrogen) atoms. The van der Waals surface area contributed by atoms with E-state index in [4.69, 9.17) is 11.6 Å². The number of nitrogens with one attached hydrogen (secondary N) is 1. The zero-order chi connectivity index (χ0) is 14.4. The van der Waals surface area contributed by atoms with E-state index in [2.05, 4.69) is 51.1 Å². The molecule has 0 aliphatic carbocycles. The molecule has 0 bridgehead atoms. The van der Waals surface area contributed by atoms with Gasteiger partial charge in [0.05, 0.1) is 11.4 Å². The van der Waals surface area contributed by atoms with Crippen molar-refractivity contribution in [2.75, 3.05) is 24.3 Å². The molecule has 0 heterocycles. The van der Waals surface area contributed by atoms with Crippen LogP contribution >= 0.6 is 11.6 Å². The molecule has 1 aromatic carbocycles. The van der Waals surface area contributed by atoms with Crippen molar-refractivity contribution in [1.82, 2.24) is 0 Å². The minimum absolute atomic E-state index is 0.507. The minimum atomic E-state index is 0.507. The summed E-state index contributed by atoms with van der Waals surface area (Å²) in [5.41, 5.74) is 2.32. The van der Waals surface area contributed by atoms with Crippen molar-refractivity contribution in [2.45, 2.75) is 46.1 Å². The molecular formula is C16H27ClN2. The van der Waals surface area contributed by atoms with Gasteiger partial charge in [0.15, 0.2) is 0 Å². The summed E-state index contributed by atoms with van der Waals surface area (Å²) in [6, 6.07) is 6.54. The Kier molecular flexibility index (Phi) is 6.50. The van der Waals surface area contributed by atoms with Gasteiger partial charge in [-0.05, 0) is 37.0 Å². The van der Waals surface area contributed by atoms with Gasteiger partial charge in [0, 0.05) is 25.2 Å². The van der Waals surface area contributed by atoms with Gasteiger partial charge in [-0.1, -0.05) is 38.8 Å². The van der Waals surface area contributed by atoms with Crippen LogP contribution in [0.2, 0.25) is 5.02 Å². The van der Waals surface area contributed by atoms with Crippen molar-refractivity contribution in [3.63, 3.8) is 0 Å². The Morgan fingerprint density at radius 3 is 2.42 bits per heavy atom. The van der Waals surface area contributed by atoms with Crippen LogP contribution in [0.15, 0.2) is 18.2 Å². The van der Waals surface area contributed by atoms with Crippen LogP contribution in [0.4, 0.5) is 11.4 Å². The summed E-state index contributed by atoms with van der Waals surface area (Å²) in [4.78, 5) is 2.12. The second-order valence-electron chi connectivity index (χ2n) is 5.55. The number of anilines is 2. The minimum Gasteiger partial charge on any atom is -0.381 e. The molecule has 3 heteroatoms. The molecule has 2 nitrogen and oxygen atoms in total. The van der Waals surface area contributed by atoms with Gasteiger partial charge in [-0.2, -0.15) is 0 Å². The van der Waals surface area contributed by atoms with E-state index in [9.17, 15) is 0 Å². The predicted octanol–water partition coefficient (Wildman–Crippen LogP) is 5.03. The lowest BCUT2D eigenvalue weighted by Crippen LogP contribution is -2.23. The zero-order valence-electron chi connectivity index (χ0n) is 12.8. The second kappa shape index (κ2) is 7.64. The summed E-state index contributed by atoms with van der Waals surface area (Å²) in [6.07, 6.45) is 3.56. The van der Waals surface area contributed by atoms with Crippen molar-refractivity contribution in [1.29, 1.82) is 0 Å². The summed E-state index contributed by atoms with van der Waals surface area (Å²) in [7, 11) is 4.12. The van der Waals surface area contributed by atoms with E-state index >= 15 is 0 Å². The van der Waals surface area contributed by atoms with Gasteiger partial charge in [-0.25, -0.2) is 0 Å². The molecule has 1 aromatic rings. The van der Waals surface area contributed by atoms with E-state index in [1.165, 1.54) is 18.5 Å². The van der Waals surface area contributed by atoms with Crippen LogP contribution in [0.1, 0.15) is 40.0 Å². The fraction of sp³-hybridized carbons (Fsp3) is 0.625. The van der Waals surface area contributed by atoms with E-state index in [0.717, 1.165) is 23.0 Å². The highest BCUT2D eigenvalue weighted by Crippen LogP contribution is 2.29. The van der Waals surface area contributed by atoms with Gasteiger partial charge in [0.2, 0.25) is 0 Å². The molecule has 1 N–H and O–H groups in total. The highest BCUT2D eigenvalue weighted by atomic mass is 35.5. The first-order valence-corrected chi connectivity index (χ1v) is 7.59. The third-order valence-electron chi connectivity index (χ3n) is 3.68. The largest absolute Gasteiger partial charge is 0.381 e. The average Bonchev–Trinajstić information content (AvgIpc) is 2.37. The fourth-order valence-electron chi connectivity index (χ4n) is 2.21. The second-order valence-corrected chi connectivity index (χ2v) is 5.99. The van der Waals surface area contributed by atoms with Gasteiger partial charge in [0.25, 0.3) is 0 Å². The Morgan fingerprint density at radius 2 is 1.89 bits per heavy atom. The molecule has 0 aliphatic heterocycles. The first kappa shape index (κ1) is 16.2. The first-order valence-electron chi connectivity index (χ1n) is 7.21. The van der Waals surface area contributed by atoms with E-state index in [-0.39, 0.29) is 0 Å². The van der Waals surface area contributed by atoms with Crippen LogP contribution in [-0.2, 0) is 0 Å². The standard InChI is InChI=1S/C16H27ClN2/c1-6-12(3)10-14(7-2)18-15-11-13(17)8-9-16(15)19(4)5/h8-9,11-12,14,18H,6-7,10H2,1-5H3. The van der Waals surface area contributed by atoms with Crippen molar-refractivity contribution in [3.05, 3.63) is 23.2 Å². The maximum absolute atomic E-state index is 6.12. The molecule has 0 aliphatic rings. The molecule has 2 unspecified atom stereocenters. The number of hydrogen-bond donors (Lipinski definition) is 1. The highest BCUT2D eigenvalue weighted by molar-refractivity contribution is 6.31. The van der Waals surface area contributed by atoms with Crippen LogP contribution in [0, 0.1) is 5.92 Å². The van der Waals surface area contributed by atoms with Gasteiger partial charge in [-0.15, -0.1) is 0 Å². The van der Waals surface area contributed by atoms with Gasteiger partial charge >= 0.3 is 0 Å². The topological polar surface area (TPSA) is 15.3 Å². The first-order chi connectivity index (χ1) is 8.97. The monoisotopic (exact) mass is 282 g/mol. The van der Waals surface area contributed by atoms with E-state index in [1.54, 1.807) is 0 Å². The SMILES string of the molecule is CCC(C)CC(CC)Nc1cc(Cl)ccc1N(C)C. The summed E-state index contributed by atoms with van der Waals surface area (Å²) in [5.74, 6) is 0.749. The molecule has 108 valence electrons. The van der Waals surface area contributed by atoms with E-state index < -0.39 is 0 Å². The Labute approximate surface area is 123 Å². The van der Waals surface area contributed by atoms with Crippen LogP contribution in [0.5, 0.6) is 0 Å². The molecule has 2 atom stereocenters. The van der Waals surface area contributed by atoms with Gasteiger partial charge < -0.3 is 10.2 Å². The van der Waals surface area contributed by atoms with Crippen LogP contribution < -0.4 is 10.2 Å². The van der Waals surface area contributed by atoms with Crippen molar-refractivity contribution in [2.24, 2.45) is 5.92 Å². The van der Waals surface area contributed by atoms with Crippen LogP contribution in [0.25, 0.3) is 0 Å². The average molecular weight is 283 g/mol. The molecule has 0 saturated heterocycles. The summed E-state index contributed by atoms with van der Waals surface area (Å²) < 4.78 is 0. The maximum Gasteiger partial charge on any atom is 0.0597 e. The summed E-state index contributed by atoms with van der Waals surface area (Å²) >= 11 is 6.12. The molecule has 0 amide bonds. The molecule has 0 spiro atoms. The quantitative estimate of drug-likeness (QED) is 0.754. The van der Waals surface area contributed by atoms with Crippen molar-refractivity contribution >= 4 is 23.0 Å². The number of nitrogens with zero attached hydrogens (tertiary/aromatic N) is 1. The number of halogens is 1. The number of hydrogen-bond acceptors (Lipinski definition) is 2. The zero-order valence-corrected chi connectivity index (χ0v) is 13.6. The third-order valence-corrected chi connectivity index (χ3v) is 3.91. The number of rotatable bonds is 7. The van der Waals surface area contributed by atoms with Crippen molar-refractivity contribution < 1.29 is 0 Å². The lowest BCUT2D eigenvalue weighted by Gasteiger charge is -2.25. The Hall–Kier alpha value is -0.890. The third kappa shape index (κ3) is 4.94. The predicted molar refractivity (Wildman–Crippen MR) is 87.6 cm³/mol. The Balaban J connectivity index is 2.86.